The van der Waals surface area contributed by atoms with E-state index >= 15 is 0 Å². The smallest absolute Gasteiger partial charge is 0.347 e. The molecule has 3 N–H and O–H groups in total. The van der Waals surface area contributed by atoms with Gasteiger partial charge in [0.1, 0.15) is 6.54 Å². The molecule has 5 rings (SSSR count). The maximum Gasteiger partial charge on any atom is 0.347 e. The van der Waals surface area contributed by atoms with E-state index in [0.29, 0.717) is 28.1 Å². The van der Waals surface area contributed by atoms with Gasteiger partial charge in [-0.3, -0.25) is 33.8 Å². The molecule has 4 heterocycles. The van der Waals surface area contributed by atoms with Crippen LogP contribution in [0.25, 0.3) is 22.8 Å². The van der Waals surface area contributed by atoms with E-state index in [1.807, 2.05) is 30.3 Å². The van der Waals surface area contributed by atoms with Crippen LogP contribution in [0.4, 0.5) is 0 Å². The quantitative estimate of drug-likeness (QED) is 0.138. The molecule has 0 saturated carbocycles. The number of carbonyl (C=O) groups excluding carboxylic acids is 3. The lowest BCUT2D eigenvalue weighted by molar-refractivity contribution is -0.198. The molecule has 1 aliphatic rings. The molecule has 0 aliphatic carbocycles. The largest absolute Gasteiger partial charge is 0.480 e. The van der Waals surface area contributed by atoms with E-state index in [4.69, 9.17) is 9.82 Å². The van der Waals surface area contributed by atoms with Crippen molar-refractivity contribution in [2.24, 2.45) is 0 Å². The third-order valence-corrected chi connectivity index (χ3v) is 7.06. The molecule has 18 nitrogen and oxygen atoms in total. The van der Waals surface area contributed by atoms with Gasteiger partial charge in [0.15, 0.2) is 11.6 Å². The normalized spacial score (nSPS) is 13.0. The molecular formula is C31H30N8O10. The zero-order valence-corrected chi connectivity index (χ0v) is 25.8. The van der Waals surface area contributed by atoms with Crippen molar-refractivity contribution in [2.75, 3.05) is 26.2 Å². The summed E-state index contributed by atoms with van der Waals surface area (Å²) in [5.41, 5.74) is 2.37. The van der Waals surface area contributed by atoms with Crippen LogP contribution in [0.1, 0.15) is 24.2 Å². The van der Waals surface area contributed by atoms with Gasteiger partial charge in [0.2, 0.25) is 0 Å². The lowest BCUT2D eigenvalue weighted by atomic mass is 10.1. The van der Waals surface area contributed by atoms with Crippen molar-refractivity contribution in [3.63, 3.8) is 0 Å². The van der Waals surface area contributed by atoms with Crippen LogP contribution in [0.3, 0.4) is 0 Å². The highest BCUT2D eigenvalue weighted by atomic mass is 16.7. The molecule has 254 valence electrons. The van der Waals surface area contributed by atoms with Gasteiger partial charge in [-0.1, -0.05) is 30.3 Å². The minimum atomic E-state index is -1.23. The summed E-state index contributed by atoms with van der Waals surface area (Å²) in [6, 6.07) is 16.2. The monoisotopic (exact) mass is 674 g/mol. The van der Waals surface area contributed by atoms with Crippen molar-refractivity contribution in [3.05, 3.63) is 78.4 Å². The Morgan fingerprint density at radius 3 is 1.61 bits per heavy atom. The Morgan fingerprint density at radius 1 is 0.673 bits per heavy atom. The van der Waals surface area contributed by atoms with Crippen molar-refractivity contribution < 1.29 is 48.9 Å². The number of carboxylic acids is 3. The van der Waals surface area contributed by atoms with Crippen molar-refractivity contribution in [3.8, 4) is 22.8 Å². The number of aromatic nitrogens is 5. The van der Waals surface area contributed by atoms with Gasteiger partial charge < -0.3 is 20.2 Å². The van der Waals surface area contributed by atoms with Crippen molar-refractivity contribution >= 4 is 35.7 Å². The van der Waals surface area contributed by atoms with E-state index in [2.05, 4.69) is 10.2 Å². The molecule has 1 aliphatic heterocycles. The molecule has 1 saturated heterocycles. The zero-order chi connectivity index (χ0) is 35.1. The van der Waals surface area contributed by atoms with Crippen LogP contribution in [-0.2, 0) is 46.7 Å². The van der Waals surface area contributed by atoms with Crippen molar-refractivity contribution in [1.29, 1.82) is 0 Å². The SMILES string of the molecule is O=C(O)CN(CC(=O)O)Cc1ccn(-c2cc(-c3ccccc3)cc(-n3ccc(CN(CC(=O)O)CC(=O)ON4C(=O)CCC4=O)n3)n2)n1. The Bertz CT molecular complexity index is 1860. The second-order valence-electron chi connectivity index (χ2n) is 11.0. The average molecular weight is 675 g/mol. The van der Waals surface area contributed by atoms with Crippen LogP contribution in [0, 0.1) is 0 Å². The molecule has 0 radical (unpaired) electrons. The van der Waals surface area contributed by atoms with E-state index in [9.17, 15) is 44.1 Å². The number of rotatable bonds is 16. The molecule has 4 aromatic rings. The van der Waals surface area contributed by atoms with Crippen LogP contribution in [0.2, 0.25) is 0 Å². The Kier molecular flexibility index (Phi) is 10.5. The molecule has 2 amide bonds. The third-order valence-electron chi connectivity index (χ3n) is 7.06. The van der Waals surface area contributed by atoms with Crippen LogP contribution >= 0.6 is 0 Å². The number of carbonyl (C=O) groups is 6. The number of hydrogen-bond acceptors (Lipinski definition) is 12. The fourth-order valence-electron chi connectivity index (χ4n) is 5.02. The minimum absolute atomic E-state index is 0.0373. The first-order chi connectivity index (χ1) is 23.4. The van der Waals surface area contributed by atoms with E-state index in [-0.39, 0.29) is 25.9 Å². The van der Waals surface area contributed by atoms with Gasteiger partial charge >= 0.3 is 23.9 Å². The van der Waals surface area contributed by atoms with E-state index in [1.54, 1.807) is 36.7 Å². The minimum Gasteiger partial charge on any atom is -0.480 e. The number of amides is 2. The number of hydrogen-bond donors (Lipinski definition) is 3. The molecule has 0 spiro atoms. The van der Waals surface area contributed by atoms with Gasteiger partial charge in [0, 0.05) is 38.3 Å². The zero-order valence-electron chi connectivity index (χ0n) is 25.8. The number of nitrogens with zero attached hydrogens (tertiary/aromatic N) is 8. The highest BCUT2D eigenvalue weighted by Crippen LogP contribution is 2.24. The molecule has 3 aromatic heterocycles. The Balaban J connectivity index is 1.39. The van der Waals surface area contributed by atoms with Gasteiger partial charge in [0.05, 0.1) is 31.0 Å². The summed E-state index contributed by atoms with van der Waals surface area (Å²) in [6.07, 6.45) is 3.04. The second-order valence-corrected chi connectivity index (χ2v) is 11.0. The lowest BCUT2D eigenvalue weighted by Crippen LogP contribution is -2.39. The highest BCUT2D eigenvalue weighted by molar-refractivity contribution is 6.01. The van der Waals surface area contributed by atoms with Gasteiger partial charge in [-0.2, -0.15) is 10.2 Å². The number of benzene rings is 1. The maximum absolute atomic E-state index is 12.5. The number of imide groups is 1. The standard InChI is InChI=1S/C31H30N8O10/c40-26-6-7-27(41)39(26)49-31(48)19-36(18-30(46)47)15-23-9-11-38(34-23)25-13-21(20-4-2-1-3-5-20)12-24(32-25)37-10-8-22(33-37)14-35(16-28(42)43)17-29(44)45/h1-5,8-13H,6-7,14-19H2,(H,42,43)(H,44,45)(H,46,47). The molecule has 1 fully saturated rings. The summed E-state index contributed by atoms with van der Waals surface area (Å²) < 4.78 is 2.92. The van der Waals surface area contributed by atoms with Crippen LogP contribution in [0.15, 0.2) is 67.0 Å². The first-order valence-corrected chi connectivity index (χ1v) is 14.8. The molecule has 49 heavy (non-hydrogen) atoms. The maximum atomic E-state index is 12.5. The first-order valence-electron chi connectivity index (χ1n) is 14.8. The van der Waals surface area contributed by atoms with Gasteiger partial charge in [-0.05, 0) is 35.4 Å². The number of hydroxylamine groups is 2. The second kappa shape index (κ2) is 15.1. The van der Waals surface area contributed by atoms with Crippen LogP contribution in [-0.4, -0.2) is 117 Å². The van der Waals surface area contributed by atoms with Crippen molar-refractivity contribution in [1.82, 2.24) is 39.4 Å². The van der Waals surface area contributed by atoms with Gasteiger partial charge in [-0.15, -0.1) is 5.06 Å². The Hall–Kier alpha value is -6.27. The predicted molar refractivity (Wildman–Crippen MR) is 165 cm³/mol. The Labute approximate surface area is 277 Å². The average Bonchev–Trinajstić information content (AvgIpc) is 3.78. The van der Waals surface area contributed by atoms with Crippen LogP contribution in [0.5, 0.6) is 0 Å². The van der Waals surface area contributed by atoms with E-state index in [0.717, 1.165) is 11.1 Å². The van der Waals surface area contributed by atoms with E-state index in [1.165, 1.54) is 19.2 Å². The molecule has 0 atom stereocenters. The summed E-state index contributed by atoms with van der Waals surface area (Å²) in [5.74, 6) is -5.16. The molecule has 0 unspecified atom stereocenters. The summed E-state index contributed by atoms with van der Waals surface area (Å²) in [7, 11) is 0. The molecular weight excluding hydrogens is 644 g/mol. The fourth-order valence-corrected chi connectivity index (χ4v) is 5.02. The molecule has 18 heteroatoms. The first kappa shape index (κ1) is 34.1. The van der Waals surface area contributed by atoms with E-state index < -0.39 is 61.9 Å². The summed E-state index contributed by atoms with van der Waals surface area (Å²) in [6.45, 7) is -2.23. The third kappa shape index (κ3) is 9.18. The molecule has 1 aromatic carbocycles. The predicted octanol–water partition coefficient (Wildman–Crippen LogP) is 0.585. The summed E-state index contributed by atoms with van der Waals surface area (Å²) in [4.78, 5) is 82.2. The van der Waals surface area contributed by atoms with Gasteiger partial charge in [0.25, 0.3) is 11.8 Å². The topological polar surface area (TPSA) is 231 Å². The highest BCUT2D eigenvalue weighted by Gasteiger charge is 2.33. The summed E-state index contributed by atoms with van der Waals surface area (Å²) in [5, 5.41) is 37.2. The number of carboxylic acid groups (broad SMARTS) is 3. The fraction of sp³-hybridized carbons (Fsp3) is 0.258. The number of aliphatic carboxylic acids is 3. The molecule has 0 bridgehead atoms. The lowest BCUT2D eigenvalue weighted by Gasteiger charge is -2.19. The van der Waals surface area contributed by atoms with Gasteiger partial charge in [-0.25, -0.2) is 19.1 Å². The Morgan fingerprint density at radius 2 is 1.14 bits per heavy atom. The summed E-state index contributed by atoms with van der Waals surface area (Å²) >= 11 is 0. The van der Waals surface area contributed by atoms with Crippen molar-refractivity contribution in [2.45, 2.75) is 25.9 Å². The van der Waals surface area contributed by atoms with Crippen LogP contribution < -0.4 is 0 Å². The number of pyridine rings is 1.